The number of benzene rings is 2. The Morgan fingerprint density at radius 2 is 2.07 bits per heavy atom. The molecular formula is C22H21N3O3S. The van der Waals surface area contributed by atoms with Crippen molar-refractivity contribution in [1.29, 1.82) is 5.26 Å². The van der Waals surface area contributed by atoms with E-state index in [9.17, 15) is 10.1 Å². The molecule has 0 aliphatic heterocycles. The predicted molar refractivity (Wildman–Crippen MR) is 115 cm³/mol. The summed E-state index contributed by atoms with van der Waals surface area (Å²) < 4.78 is 11.8. The van der Waals surface area contributed by atoms with E-state index >= 15 is 0 Å². The van der Waals surface area contributed by atoms with Crippen LogP contribution in [0.4, 0.5) is 5.13 Å². The van der Waals surface area contributed by atoms with Crippen LogP contribution in [0, 0.1) is 25.2 Å². The number of methoxy groups -OCH3 is 1. The molecule has 7 heteroatoms. The molecule has 1 amide bonds. The number of thiazole rings is 1. The first-order chi connectivity index (χ1) is 14.0. The van der Waals surface area contributed by atoms with Crippen LogP contribution in [0.3, 0.4) is 0 Å². The lowest BCUT2D eigenvalue weighted by molar-refractivity contribution is -0.112. The third kappa shape index (κ3) is 4.39. The number of carbonyl (C=O) groups is 1. The molecule has 3 rings (SSSR count). The molecule has 0 radical (unpaired) electrons. The summed E-state index contributed by atoms with van der Waals surface area (Å²) in [6, 6.07) is 11.2. The van der Waals surface area contributed by atoms with Crippen molar-refractivity contribution in [2.24, 2.45) is 0 Å². The van der Waals surface area contributed by atoms with Gasteiger partial charge in [0.25, 0.3) is 5.91 Å². The smallest absolute Gasteiger partial charge is 0.268 e. The number of amides is 1. The van der Waals surface area contributed by atoms with Crippen LogP contribution in [-0.4, -0.2) is 24.6 Å². The van der Waals surface area contributed by atoms with E-state index in [1.807, 2.05) is 39.0 Å². The first kappa shape index (κ1) is 20.4. The molecule has 0 bridgehead atoms. The summed E-state index contributed by atoms with van der Waals surface area (Å²) >= 11 is 1.38. The number of rotatable bonds is 6. The second kappa shape index (κ2) is 8.76. The molecule has 1 heterocycles. The number of ether oxygens (including phenoxy) is 2. The van der Waals surface area contributed by atoms with Gasteiger partial charge in [-0.05, 0) is 61.7 Å². The van der Waals surface area contributed by atoms with Gasteiger partial charge in [-0.2, -0.15) is 5.26 Å². The Kier molecular flexibility index (Phi) is 6.15. The average Bonchev–Trinajstić information content (AvgIpc) is 3.13. The molecular weight excluding hydrogens is 386 g/mol. The Bertz CT molecular complexity index is 1140. The fourth-order valence-corrected chi connectivity index (χ4v) is 3.73. The lowest BCUT2D eigenvalue weighted by Crippen LogP contribution is -2.13. The minimum absolute atomic E-state index is 0.0247. The summed E-state index contributed by atoms with van der Waals surface area (Å²) in [5.74, 6) is 0.638. The number of anilines is 1. The topological polar surface area (TPSA) is 84.2 Å². The standard InChI is InChI=1S/C22H21N3O3S/c1-5-28-17-8-7-15(11-18(17)27-4)10-16(12-23)21(26)25-22-24-20-14(3)13(2)6-9-19(20)29-22/h6-11H,5H2,1-4H3,(H,24,25,26)/b16-10+. The van der Waals surface area contributed by atoms with Crippen LogP contribution in [0.1, 0.15) is 23.6 Å². The highest BCUT2D eigenvalue weighted by atomic mass is 32.1. The third-order valence-electron chi connectivity index (χ3n) is 4.47. The summed E-state index contributed by atoms with van der Waals surface area (Å²) in [6.07, 6.45) is 1.51. The van der Waals surface area contributed by atoms with Gasteiger partial charge >= 0.3 is 0 Å². The molecule has 2 aromatic carbocycles. The number of hydrogen-bond acceptors (Lipinski definition) is 6. The minimum atomic E-state index is -0.506. The molecule has 0 spiro atoms. The number of nitrogens with one attached hydrogen (secondary N) is 1. The van der Waals surface area contributed by atoms with Crippen LogP contribution in [0.5, 0.6) is 11.5 Å². The summed E-state index contributed by atoms with van der Waals surface area (Å²) in [4.78, 5) is 17.1. The van der Waals surface area contributed by atoms with Gasteiger partial charge in [0.05, 0.1) is 23.9 Å². The van der Waals surface area contributed by atoms with Gasteiger partial charge in [-0.15, -0.1) is 0 Å². The van der Waals surface area contributed by atoms with Crippen molar-refractivity contribution < 1.29 is 14.3 Å². The van der Waals surface area contributed by atoms with Crippen LogP contribution >= 0.6 is 11.3 Å². The highest BCUT2D eigenvalue weighted by Gasteiger charge is 2.14. The Hall–Kier alpha value is -3.37. The number of aromatic nitrogens is 1. The maximum atomic E-state index is 12.6. The van der Waals surface area contributed by atoms with E-state index in [0.29, 0.717) is 28.8 Å². The van der Waals surface area contributed by atoms with E-state index in [0.717, 1.165) is 21.3 Å². The lowest BCUT2D eigenvalue weighted by atomic mass is 10.1. The van der Waals surface area contributed by atoms with Crippen LogP contribution in [-0.2, 0) is 4.79 Å². The molecule has 3 aromatic rings. The number of nitrogens with zero attached hydrogens (tertiary/aromatic N) is 2. The Morgan fingerprint density at radius 1 is 1.28 bits per heavy atom. The predicted octanol–water partition coefficient (Wildman–Crippen LogP) is 4.87. The molecule has 0 saturated carbocycles. The molecule has 29 heavy (non-hydrogen) atoms. The number of nitriles is 1. The summed E-state index contributed by atoms with van der Waals surface area (Å²) in [5.41, 5.74) is 3.72. The van der Waals surface area contributed by atoms with Gasteiger partial charge in [-0.25, -0.2) is 4.98 Å². The monoisotopic (exact) mass is 407 g/mol. The zero-order valence-corrected chi connectivity index (χ0v) is 17.5. The number of carbonyl (C=O) groups excluding carboxylic acids is 1. The van der Waals surface area contributed by atoms with Gasteiger partial charge < -0.3 is 9.47 Å². The van der Waals surface area contributed by atoms with Crippen molar-refractivity contribution in [3.8, 4) is 17.6 Å². The zero-order valence-electron chi connectivity index (χ0n) is 16.7. The summed E-state index contributed by atoms with van der Waals surface area (Å²) in [6.45, 7) is 6.42. The van der Waals surface area contributed by atoms with E-state index < -0.39 is 5.91 Å². The Labute approximate surface area is 173 Å². The molecule has 1 aromatic heterocycles. The van der Waals surface area contributed by atoms with Gasteiger partial charge in [-0.1, -0.05) is 23.5 Å². The van der Waals surface area contributed by atoms with Crippen molar-refractivity contribution in [2.75, 3.05) is 19.0 Å². The van der Waals surface area contributed by atoms with Crippen LogP contribution < -0.4 is 14.8 Å². The normalized spacial score (nSPS) is 11.2. The number of aryl methyl sites for hydroxylation is 2. The second-order valence-electron chi connectivity index (χ2n) is 6.34. The maximum Gasteiger partial charge on any atom is 0.268 e. The van der Waals surface area contributed by atoms with E-state index in [2.05, 4.69) is 10.3 Å². The Morgan fingerprint density at radius 3 is 2.76 bits per heavy atom. The first-order valence-electron chi connectivity index (χ1n) is 9.07. The van der Waals surface area contributed by atoms with Crippen LogP contribution in [0.25, 0.3) is 16.3 Å². The molecule has 0 fully saturated rings. The second-order valence-corrected chi connectivity index (χ2v) is 7.37. The van der Waals surface area contributed by atoms with Gasteiger partial charge in [0.2, 0.25) is 0 Å². The van der Waals surface area contributed by atoms with E-state index in [1.165, 1.54) is 17.4 Å². The number of fused-ring (bicyclic) bond motifs is 1. The molecule has 0 saturated heterocycles. The van der Waals surface area contributed by atoms with Crippen molar-refractivity contribution >= 4 is 38.7 Å². The van der Waals surface area contributed by atoms with Gasteiger partial charge in [0, 0.05) is 0 Å². The first-order valence-corrected chi connectivity index (χ1v) is 9.89. The third-order valence-corrected chi connectivity index (χ3v) is 5.40. The molecule has 148 valence electrons. The zero-order chi connectivity index (χ0) is 21.0. The molecule has 0 aliphatic rings. The van der Waals surface area contributed by atoms with Gasteiger partial charge in [0.15, 0.2) is 16.6 Å². The van der Waals surface area contributed by atoms with Crippen molar-refractivity contribution in [1.82, 2.24) is 4.98 Å². The van der Waals surface area contributed by atoms with Crippen LogP contribution in [0.15, 0.2) is 35.9 Å². The molecule has 0 aliphatic carbocycles. The largest absolute Gasteiger partial charge is 0.493 e. The van der Waals surface area contributed by atoms with E-state index in [-0.39, 0.29) is 5.57 Å². The fourth-order valence-electron chi connectivity index (χ4n) is 2.81. The Balaban J connectivity index is 1.85. The molecule has 1 N–H and O–H groups in total. The van der Waals surface area contributed by atoms with Gasteiger partial charge in [0.1, 0.15) is 11.6 Å². The quantitative estimate of drug-likeness (QED) is 0.466. The van der Waals surface area contributed by atoms with Crippen LogP contribution in [0.2, 0.25) is 0 Å². The van der Waals surface area contributed by atoms with Crippen molar-refractivity contribution in [3.05, 3.63) is 52.6 Å². The van der Waals surface area contributed by atoms with Crippen molar-refractivity contribution in [3.63, 3.8) is 0 Å². The average molecular weight is 407 g/mol. The molecule has 6 nitrogen and oxygen atoms in total. The highest BCUT2D eigenvalue weighted by Crippen LogP contribution is 2.31. The molecule has 0 atom stereocenters. The van der Waals surface area contributed by atoms with Crippen molar-refractivity contribution in [2.45, 2.75) is 20.8 Å². The summed E-state index contributed by atoms with van der Waals surface area (Å²) in [5, 5.41) is 12.7. The maximum absolute atomic E-state index is 12.6. The fraction of sp³-hybridized carbons (Fsp3) is 0.227. The summed E-state index contributed by atoms with van der Waals surface area (Å²) in [7, 11) is 1.54. The lowest BCUT2D eigenvalue weighted by Gasteiger charge is -2.09. The van der Waals surface area contributed by atoms with E-state index in [1.54, 1.807) is 25.3 Å². The SMILES string of the molecule is CCOc1ccc(/C=C(\C#N)C(=O)Nc2nc3c(C)c(C)ccc3s2)cc1OC. The molecule has 0 unspecified atom stereocenters. The van der Waals surface area contributed by atoms with E-state index in [4.69, 9.17) is 9.47 Å². The highest BCUT2D eigenvalue weighted by molar-refractivity contribution is 7.22. The minimum Gasteiger partial charge on any atom is -0.493 e. The number of hydrogen-bond donors (Lipinski definition) is 1. The van der Waals surface area contributed by atoms with Gasteiger partial charge in [-0.3, -0.25) is 10.1 Å².